The van der Waals surface area contributed by atoms with Gasteiger partial charge < -0.3 is 14.8 Å². The van der Waals surface area contributed by atoms with Crippen LogP contribution in [-0.4, -0.2) is 17.9 Å². The van der Waals surface area contributed by atoms with Gasteiger partial charge in [-0.2, -0.15) is 5.26 Å². The third kappa shape index (κ3) is 5.99. The number of benzene rings is 3. The molecule has 172 valence electrons. The van der Waals surface area contributed by atoms with Crippen LogP contribution in [-0.2, 0) is 11.4 Å². The minimum Gasteiger partial charge on any atom is -0.493 e. The average molecular weight is 457 g/mol. The van der Waals surface area contributed by atoms with Gasteiger partial charge in [-0.05, 0) is 54.8 Å². The number of hydrogen-bond acceptors (Lipinski definition) is 6. The summed E-state index contributed by atoms with van der Waals surface area (Å²) in [5.41, 5.74) is 3.44. The molecule has 0 heterocycles. The molecule has 0 aliphatic carbocycles. The third-order valence-electron chi connectivity index (χ3n) is 5.05. The van der Waals surface area contributed by atoms with Crippen LogP contribution in [0.4, 0.5) is 11.4 Å². The molecule has 0 atom stereocenters. The standard InChI is InChI=1S/C26H23N3O5/c1-17-4-6-19(7-5-17)16-34-24-11-8-20(14-25(24)33-3)13-21(15-27)26(30)28-23-10-9-22(29(31)32)12-18(23)2/h4-14H,16H2,1-3H3,(H,28,30). The van der Waals surface area contributed by atoms with E-state index in [1.54, 1.807) is 25.1 Å². The highest BCUT2D eigenvalue weighted by atomic mass is 16.6. The Balaban J connectivity index is 1.75. The van der Waals surface area contributed by atoms with Gasteiger partial charge in [-0.15, -0.1) is 0 Å². The van der Waals surface area contributed by atoms with E-state index >= 15 is 0 Å². The normalized spacial score (nSPS) is 10.8. The second kappa shape index (κ2) is 10.8. The molecule has 0 saturated carbocycles. The monoisotopic (exact) mass is 457 g/mol. The predicted octanol–water partition coefficient (Wildman–Crippen LogP) is 5.34. The highest BCUT2D eigenvalue weighted by Gasteiger charge is 2.14. The van der Waals surface area contributed by atoms with E-state index in [2.05, 4.69) is 5.32 Å². The highest BCUT2D eigenvalue weighted by molar-refractivity contribution is 6.10. The molecule has 0 bridgehead atoms. The summed E-state index contributed by atoms with van der Waals surface area (Å²) >= 11 is 0. The summed E-state index contributed by atoms with van der Waals surface area (Å²) in [6.45, 7) is 4.02. The van der Waals surface area contributed by atoms with Gasteiger partial charge in [0.15, 0.2) is 11.5 Å². The van der Waals surface area contributed by atoms with Gasteiger partial charge in [0.05, 0.1) is 12.0 Å². The van der Waals surface area contributed by atoms with Crippen molar-refractivity contribution < 1.29 is 19.2 Å². The molecule has 0 aliphatic heterocycles. The van der Waals surface area contributed by atoms with Crippen LogP contribution < -0.4 is 14.8 Å². The summed E-state index contributed by atoms with van der Waals surface area (Å²) in [6, 6.07) is 19.1. The number of nitrogens with zero attached hydrogens (tertiary/aromatic N) is 2. The predicted molar refractivity (Wildman–Crippen MR) is 129 cm³/mol. The quantitative estimate of drug-likeness (QED) is 0.211. The number of nitro groups is 1. The Labute approximate surface area is 197 Å². The summed E-state index contributed by atoms with van der Waals surface area (Å²) in [5, 5.41) is 23.0. The van der Waals surface area contributed by atoms with Crippen LogP contribution in [0, 0.1) is 35.3 Å². The molecule has 0 aromatic heterocycles. The topological polar surface area (TPSA) is 114 Å². The molecule has 3 aromatic rings. The van der Waals surface area contributed by atoms with E-state index in [1.807, 2.05) is 37.3 Å². The van der Waals surface area contributed by atoms with Gasteiger partial charge in [-0.3, -0.25) is 14.9 Å². The van der Waals surface area contributed by atoms with Crippen molar-refractivity contribution in [3.8, 4) is 17.6 Å². The molecule has 34 heavy (non-hydrogen) atoms. The number of non-ortho nitro benzene ring substituents is 1. The summed E-state index contributed by atoms with van der Waals surface area (Å²) in [6.07, 6.45) is 1.43. The second-order valence-corrected chi connectivity index (χ2v) is 7.56. The molecule has 0 aliphatic rings. The second-order valence-electron chi connectivity index (χ2n) is 7.56. The number of methoxy groups -OCH3 is 1. The van der Waals surface area contributed by atoms with E-state index < -0.39 is 10.8 Å². The molecule has 3 aromatic carbocycles. The lowest BCUT2D eigenvalue weighted by atomic mass is 10.1. The van der Waals surface area contributed by atoms with Gasteiger partial charge in [0.2, 0.25) is 0 Å². The summed E-state index contributed by atoms with van der Waals surface area (Å²) in [4.78, 5) is 23.0. The van der Waals surface area contributed by atoms with Crippen molar-refractivity contribution in [1.29, 1.82) is 5.26 Å². The van der Waals surface area contributed by atoms with E-state index in [4.69, 9.17) is 9.47 Å². The first-order valence-electron chi connectivity index (χ1n) is 10.3. The lowest BCUT2D eigenvalue weighted by Gasteiger charge is -2.12. The van der Waals surface area contributed by atoms with Crippen molar-refractivity contribution in [2.75, 3.05) is 12.4 Å². The number of aryl methyl sites for hydroxylation is 2. The molecule has 0 spiro atoms. The Morgan fingerprint density at radius 2 is 1.82 bits per heavy atom. The zero-order valence-electron chi connectivity index (χ0n) is 19.0. The van der Waals surface area contributed by atoms with E-state index in [-0.39, 0.29) is 11.3 Å². The van der Waals surface area contributed by atoms with Crippen molar-refractivity contribution in [3.63, 3.8) is 0 Å². The molecular formula is C26H23N3O5. The fraction of sp³-hybridized carbons (Fsp3) is 0.154. The molecule has 8 nitrogen and oxygen atoms in total. The molecule has 1 N–H and O–H groups in total. The van der Waals surface area contributed by atoms with Gasteiger partial charge in [0, 0.05) is 17.8 Å². The number of nitro benzene ring substituents is 1. The fourth-order valence-electron chi connectivity index (χ4n) is 3.15. The molecule has 0 fully saturated rings. The Bertz CT molecular complexity index is 1290. The van der Waals surface area contributed by atoms with Crippen LogP contribution in [0.15, 0.2) is 66.2 Å². The van der Waals surface area contributed by atoms with Gasteiger partial charge in [0.1, 0.15) is 18.2 Å². The van der Waals surface area contributed by atoms with Gasteiger partial charge in [-0.25, -0.2) is 0 Å². The lowest BCUT2D eigenvalue weighted by molar-refractivity contribution is -0.384. The number of carbonyl (C=O) groups is 1. The minimum absolute atomic E-state index is 0.0803. The zero-order valence-corrected chi connectivity index (χ0v) is 19.0. The Hall–Kier alpha value is -4.64. The lowest BCUT2D eigenvalue weighted by Crippen LogP contribution is -2.14. The first-order valence-corrected chi connectivity index (χ1v) is 10.3. The number of hydrogen-bond donors (Lipinski definition) is 1. The molecule has 3 rings (SSSR count). The van der Waals surface area contributed by atoms with Crippen LogP contribution in [0.3, 0.4) is 0 Å². The third-order valence-corrected chi connectivity index (χ3v) is 5.05. The summed E-state index contributed by atoms with van der Waals surface area (Å²) in [5.74, 6) is 0.368. The number of anilines is 1. The van der Waals surface area contributed by atoms with Gasteiger partial charge in [-0.1, -0.05) is 35.9 Å². The first-order chi connectivity index (χ1) is 16.3. The summed E-state index contributed by atoms with van der Waals surface area (Å²) < 4.78 is 11.3. The van der Waals surface area contributed by atoms with E-state index in [1.165, 1.54) is 36.9 Å². The van der Waals surface area contributed by atoms with E-state index in [0.29, 0.717) is 34.9 Å². The van der Waals surface area contributed by atoms with E-state index in [9.17, 15) is 20.2 Å². The largest absolute Gasteiger partial charge is 0.493 e. The van der Waals surface area contributed by atoms with Crippen LogP contribution in [0.1, 0.15) is 22.3 Å². The molecule has 0 saturated heterocycles. The van der Waals surface area contributed by atoms with Crippen molar-refractivity contribution in [2.24, 2.45) is 0 Å². The molecule has 0 radical (unpaired) electrons. The Kier molecular flexibility index (Phi) is 7.62. The van der Waals surface area contributed by atoms with Crippen molar-refractivity contribution in [2.45, 2.75) is 20.5 Å². The van der Waals surface area contributed by atoms with E-state index in [0.717, 1.165) is 5.56 Å². The SMILES string of the molecule is COc1cc(C=C(C#N)C(=O)Nc2ccc([N+](=O)[O-])cc2C)ccc1OCc1ccc(C)cc1. The van der Waals surface area contributed by atoms with Crippen molar-refractivity contribution in [1.82, 2.24) is 0 Å². The maximum Gasteiger partial charge on any atom is 0.269 e. The fourth-order valence-corrected chi connectivity index (χ4v) is 3.15. The molecule has 0 unspecified atom stereocenters. The number of nitriles is 1. The number of rotatable bonds is 8. The number of nitrogens with one attached hydrogen (secondary N) is 1. The Morgan fingerprint density at radius 1 is 1.09 bits per heavy atom. The van der Waals surface area contributed by atoms with Gasteiger partial charge in [0.25, 0.3) is 11.6 Å². The van der Waals surface area contributed by atoms with Crippen molar-refractivity contribution in [3.05, 3.63) is 98.6 Å². The van der Waals surface area contributed by atoms with Crippen LogP contribution in [0.5, 0.6) is 11.5 Å². The summed E-state index contributed by atoms with van der Waals surface area (Å²) in [7, 11) is 1.51. The minimum atomic E-state index is -0.627. The highest BCUT2D eigenvalue weighted by Crippen LogP contribution is 2.30. The van der Waals surface area contributed by atoms with Gasteiger partial charge >= 0.3 is 0 Å². The Morgan fingerprint density at radius 3 is 2.44 bits per heavy atom. The first kappa shape index (κ1) is 24.0. The maximum atomic E-state index is 12.6. The molecular weight excluding hydrogens is 434 g/mol. The molecule has 1 amide bonds. The molecule has 8 heteroatoms. The zero-order chi connectivity index (χ0) is 24.7. The number of amides is 1. The van der Waals surface area contributed by atoms with Crippen LogP contribution in [0.2, 0.25) is 0 Å². The van der Waals surface area contributed by atoms with Crippen LogP contribution in [0.25, 0.3) is 6.08 Å². The van der Waals surface area contributed by atoms with Crippen LogP contribution >= 0.6 is 0 Å². The average Bonchev–Trinajstić information content (AvgIpc) is 2.83. The smallest absolute Gasteiger partial charge is 0.269 e. The number of carbonyl (C=O) groups excluding carboxylic acids is 1. The maximum absolute atomic E-state index is 12.6. The van der Waals surface area contributed by atoms with Crippen molar-refractivity contribution >= 4 is 23.4 Å². The number of ether oxygens (including phenoxy) is 2.